The van der Waals surface area contributed by atoms with Crippen LogP contribution in [0.15, 0.2) is 34.9 Å². The van der Waals surface area contributed by atoms with E-state index < -0.39 is 21.9 Å². The number of anilines is 1. The van der Waals surface area contributed by atoms with Crippen molar-refractivity contribution in [3.63, 3.8) is 0 Å². The number of rotatable bonds is 3. The van der Waals surface area contributed by atoms with E-state index in [0.717, 1.165) is 15.4 Å². The van der Waals surface area contributed by atoms with Crippen molar-refractivity contribution in [3.8, 4) is 0 Å². The molecule has 0 radical (unpaired) electrons. The third kappa shape index (κ3) is 2.98. The average molecular weight is 387 g/mol. The van der Waals surface area contributed by atoms with Gasteiger partial charge in [0.2, 0.25) is 5.91 Å². The fourth-order valence-electron chi connectivity index (χ4n) is 2.77. The third-order valence-corrected chi connectivity index (χ3v) is 5.14. The van der Waals surface area contributed by atoms with Gasteiger partial charge < -0.3 is 4.90 Å². The molecule has 1 saturated heterocycles. The van der Waals surface area contributed by atoms with Gasteiger partial charge in [0.1, 0.15) is 0 Å². The summed E-state index contributed by atoms with van der Waals surface area (Å²) >= 11 is 3.41. The molecule has 22 heavy (non-hydrogen) atoms. The number of carbonyl (C=O) groups is 1. The first-order chi connectivity index (χ1) is 10.3. The van der Waals surface area contributed by atoms with Crippen molar-refractivity contribution >= 4 is 48.7 Å². The average Bonchev–Trinajstić information content (AvgIpc) is 2.78. The molecule has 1 atom stereocenters. The van der Waals surface area contributed by atoms with Gasteiger partial charge in [0.15, 0.2) is 0 Å². The van der Waals surface area contributed by atoms with Crippen LogP contribution < -0.4 is 4.90 Å². The maximum Gasteiger partial charge on any atom is 0.302 e. The molecule has 1 aromatic carbocycles. The number of pyridine rings is 1. The highest BCUT2D eigenvalue weighted by Crippen LogP contribution is 2.34. The van der Waals surface area contributed by atoms with Crippen LogP contribution in [-0.4, -0.2) is 31.6 Å². The summed E-state index contributed by atoms with van der Waals surface area (Å²) in [4.78, 5) is 18.0. The number of hydrogen-bond acceptors (Lipinski definition) is 4. The maximum absolute atomic E-state index is 12.8. The molecule has 0 bridgehead atoms. The van der Waals surface area contributed by atoms with E-state index in [0.29, 0.717) is 5.69 Å². The van der Waals surface area contributed by atoms with Crippen molar-refractivity contribution in [2.24, 2.45) is 5.92 Å². The SMILES string of the molecule is O=C1CC(CS(=O)(=O)F)CN1c1ccc(Br)c2ncccc12. The molecule has 2 heterocycles. The molecule has 1 amide bonds. The van der Waals surface area contributed by atoms with Gasteiger partial charge in [0, 0.05) is 34.9 Å². The van der Waals surface area contributed by atoms with Crippen molar-refractivity contribution in [3.05, 3.63) is 34.9 Å². The van der Waals surface area contributed by atoms with Crippen LogP contribution in [0.2, 0.25) is 0 Å². The largest absolute Gasteiger partial charge is 0.311 e. The van der Waals surface area contributed by atoms with E-state index in [1.807, 2.05) is 6.07 Å². The van der Waals surface area contributed by atoms with Gasteiger partial charge in [0.25, 0.3) is 0 Å². The Hall–Kier alpha value is -1.54. The number of amides is 1. The topological polar surface area (TPSA) is 67.3 Å². The van der Waals surface area contributed by atoms with Crippen LogP contribution in [0.1, 0.15) is 6.42 Å². The predicted molar refractivity (Wildman–Crippen MR) is 84.8 cm³/mol. The predicted octanol–water partition coefficient (Wildman–Crippen LogP) is 2.65. The Balaban J connectivity index is 1.98. The summed E-state index contributed by atoms with van der Waals surface area (Å²) in [5.74, 6) is -1.36. The molecule has 0 saturated carbocycles. The highest BCUT2D eigenvalue weighted by atomic mass is 79.9. The van der Waals surface area contributed by atoms with Gasteiger partial charge in [-0.2, -0.15) is 8.42 Å². The first-order valence-corrected chi connectivity index (χ1v) is 8.95. The summed E-state index contributed by atoms with van der Waals surface area (Å²) in [6, 6.07) is 7.17. The molecule has 116 valence electrons. The Morgan fingerprint density at radius 2 is 2.14 bits per heavy atom. The first kappa shape index (κ1) is 15.4. The van der Waals surface area contributed by atoms with Gasteiger partial charge in [-0.1, -0.05) is 0 Å². The quantitative estimate of drug-likeness (QED) is 0.760. The summed E-state index contributed by atoms with van der Waals surface area (Å²) in [5, 5.41) is 0.786. The smallest absolute Gasteiger partial charge is 0.302 e. The lowest BCUT2D eigenvalue weighted by molar-refractivity contribution is -0.117. The van der Waals surface area contributed by atoms with Crippen molar-refractivity contribution in [2.75, 3.05) is 17.2 Å². The Morgan fingerprint density at radius 1 is 1.36 bits per heavy atom. The zero-order valence-electron chi connectivity index (χ0n) is 11.4. The van der Waals surface area contributed by atoms with Crippen LogP contribution in [0, 0.1) is 5.92 Å². The number of nitrogens with zero attached hydrogens (tertiary/aromatic N) is 2. The van der Waals surface area contributed by atoms with Gasteiger partial charge in [-0.3, -0.25) is 9.78 Å². The second-order valence-corrected chi connectivity index (χ2v) is 7.51. The van der Waals surface area contributed by atoms with Crippen LogP contribution in [0.25, 0.3) is 10.9 Å². The zero-order chi connectivity index (χ0) is 15.9. The summed E-state index contributed by atoms with van der Waals surface area (Å²) < 4.78 is 35.2. The Kier molecular flexibility index (Phi) is 3.90. The minimum Gasteiger partial charge on any atom is -0.311 e. The summed E-state index contributed by atoms with van der Waals surface area (Å²) in [5.41, 5.74) is 1.38. The van der Waals surface area contributed by atoms with E-state index in [4.69, 9.17) is 0 Å². The third-order valence-electron chi connectivity index (χ3n) is 3.63. The fraction of sp³-hybridized carbons (Fsp3) is 0.286. The zero-order valence-corrected chi connectivity index (χ0v) is 13.8. The molecule has 8 heteroatoms. The van der Waals surface area contributed by atoms with E-state index in [9.17, 15) is 17.1 Å². The molecular formula is C14H12BrFN2O3S. The van der Waals surface area contributed by atoms with Crippen molar-refractivity contribution in [1.82, 2.24) is 4.98 Å². The molecule has 1 unspecified atom stereocenters. The monoisotopic (exact) mass is 386 g/mol. The first-order valence-electron chi connectivity index (χ1n) is 6.61. The van der Waals surface area contributed by atoms with E-state index in [1.165, 1.54) is 4.90 Å². The number of benzene rings is 1. The number of hydrogen-bond donors (Lipinski definition) is 0. The number of halogens is 2. The summed E-state index contributed by atoms with van der Waals surface area (Å²) in [7, 11) is -4.58. The second-order valence-electron chi connectivity index (χ2n) is 5.25. The Morgan fingerprint density at radius 3 is 2.86 bits per heavy atom. The van der Waals surface area contributed by atoms with Crippen LogP contribution in [0.3, 0.4) is 0 Å². The molecule has 0 N–H and O–H groups in total. The highest BCUT2D eigenvalue weighted by molar-refractivity contribution is 9.10. The van der Waals surface area contributed by atoms with Crippen molar-refractivity contribution in [1.29, 1.82) is 0 Å². The molecule has 1 aromatic heterocycles. The molecule has 1 aliphatic rings. The normalized spacial score (nSPS) is 19.1. The number of fused-ring (bicyclic) bond motifs is 1. The van der Waals surface area contributed by atoms with Gasteiger partial charge in [0.05, 0.1) is 17.0 Å². The van der Waals surface area contributed by atoms with Crippen molar-refractivity contribution in [2.45, 2.75) is 6.42 Å². The molecule has 0 spiro atoms. The highest BCUT2D eigenvalue weighted by Gasteiger charge is 2.34. The van der Waals surface area contributed by atoms with Crippen LogP contribution in [0.4, 0.5) is 9.57 Å². The van der Waals surface area contributed by atoms with Crippen LogP contribution >= 0.6 is 15.9 Å². The Bertz CT molecular complexity index is 856. The summed E-state index contributed by atoms with van der Waals surface area (Å²) in [6.07, 6.45) is 1.68. The fourth-order valence-corrected chi connectivity index (χ4v) is 4.00. The number of carbonyl (C=O) groups excluding carboxylic acids is 1. The second kappa shape index (κ2) is 5.58. The molecule has 2 aromatic rings. The van der Waals surface area contributed by atoms with E-state index >= 15 is 0 Å². The van der Waals surface area contributed by atoms with E-state index in [2.05, 4.69) is 20.9 Å². The molecule has 1 fully saturated rings. The maximum atomic E-state index is 12.8. The van der Waals surface area contributed by atoms with Crippen LogP contribution in [0.5, 0.6) is 0 Å². The molecule has 5 nitrogen and oxygen atoms in total. The van der Waals surface area contributed by atoms with E-state index in [-0.39, 0.29) is 18.9 Å². The van der Waals surface area contributed by atoms with Gasteiger partial charge in [-0.05, 0) is 40.2 Å². The lowest BCUT2D eigenvalue weighted by atomic mass is 10.1. The molecule has 1 aliphatic heterocycles. The Labute approximate surface area is 135 Å². The molecule has 3 rings (SSSR count). The van der Waals surface area contributed by atoms with Crippen LogP contribution in [-0.2, 0) is 15.0 Å². The summed E-state index contributed by atoms with van der Waals surface area (Å²) in [6.45, 7) is 0.188. The van der Waals surface area contributed by atoms with Gasteiger partial charge in [-0.25, -0.2) is 0 Å². The van der Waals surface area contributed by atoms with E-state index in [1.54, 1.807) is 24.4 Å². The number of aromatic nitrogens is 1. The standard InChI is InChI=1S/C14H12BrFN2O3S/c15-11-3-4-12(10-2-1-5-17-14(10)11)18-7-9(6-13(18)19)8-22(16,20)21/h1-5,9H,6-8H2. The molecular weight excluding hydrogens is 375 g/mol. The lowest BCUT2D eigenvalue weighted by Gasteiger charge is -2.19. The van der Waals surface area contributed by atoms with Crippen molar-refractivity contribution < 1.29 is 17.1 Å². The minimum atomic E-state index is -4.58. The minimum absolute atomic E-state index is 0.0287. The lowest BCUT2D eigenvalue weighted by Crippen LogP contribution is -2.25. The molecule has 0 aliphatic carbocycles. The van der Waals surface area contributed by atoms with Gasteiger partial charge >= 0.3 is 10.2 Å². The van der Waals surface area contributed by atoms with Gasteiger partial charge in [-0.15, -0.1) is 3.89 Å².